The summed E-state index contributed by atoms with van der Waals surface area (Å²) < 4.78 is 10.5. The van der Waals surface area contributed by atoms with Crippen LogP contribution >= 0.6 is 0 Å². The molecule has 104 valence electrons. The van der Waals surface area contributed by atoms with Crippen molar-refractivity contribution in [3.8, 4) is 5.75 Å². The predicted molar refractivity (Wildman–Crippen MR) is 74.6 cm³/mol. The second-order valence-electron chi connectivity index (χ2n) is 6.09. The van der Waals surface area contributed by atoms with Crippen LogP contribution in [0.25, 0.3) is 0 Å². The molecule has 1 aromatic rings. The monoisotopic (exact) mass is 262 g/mol. The Morgan fingerprint density at radius 3 is 2.11 bits per heavy atom. The van der Waals surface area contributed by atoms with E-state index in [2.05, 4.69) is 26.8 Å². The lowest BCUT2D eigenvalue weighted by Gasteiger charge is -2.22. The van der Waals surface area contributed by atoms with Gasteiger partial charge < -0.3 is 9.47 Å². The minimum Gasteiger partial charge on any atom is -0.496 e. The lowest BCUT2D eigenvalue weighted by Crippen LogP contribution is -2.28. The van der Waals surface area contributed by atoms with Crippen LogP contribution < -0.4 is 4.74 Å². The number of hydrogen-bond donors (Lipinski definition) is 0. The zero-order chi connectivity index (χ0) is 14.4. The Balaban J connectivity index is 2.63. The van der Waals surface area contributed by atoms with Gasteiger partial charge in [-0.1, -0.05) is 19.9 Å². The summed E-state index contributed by atoms with van der Waals surface area (Å²) in [6.45, 7) is 8.29. The van der Waals surface area contributed by atoms with E-state index in [0.29, 0.717) is 0 Å². The fourth-order valence-corrected chi connectivity index (χ4v) is 3.00. The third-order valence-corrected chi connectivity index (χ3v) is 4.55. The first kappa shape index (κ1) is 13.9. The molecule has 2 rings (SSSR count). The summed E-state index contributed by atoms with van der Waals surface area (Å²) in [5.74, 6) is 0.609. The summed E-state index contributed by atoms with van der Waals surface area (Å²) in [6, 6.07) is 4.07. The van der Waals surface area contributed by atoms with Crippen molar-refractivity contribution in [1.29, 1.82) is 0 Å². The molecule has 0 amide bonds. The highest BCUT2D eigenvalue weighted by Gasteiger charge is 2.69. The second-order valence-corrected chi connectivity index (χ2v) is 6.09. The molecule has 19 heavy (non-hydrogen) atoms. The lowest BCUT2D eigenvalue weighted by atomic mass is 9.85. The predicted octanol–water partition coefficient (Wildman–Crippen LogP) is 3.15. The maximum Gasteiger partial charge on any atom is 0.316 e. The Labute approximate surface area is 114 Å². The quantitative estimate of drug-likeness (QED) is 0.785. The maximum absolute atomic E-state index is 12.3. The van der Waals surface area contributed by atoms with Crippen LogP contribution in [0.5, 0.6) is 5.75 Å². The van der Waals surface area contributed by atoms with Crippen molar-refractivity contribution in [2.75, 3.05) is 14.2 Å². The number of aryl methyl sites for hydroxylation is 2. The highest BCUT2D eigenvalue weighted by atomic mass is 16.5. The minimum atomic E-state index is -0.564. The minimum absolute atomic E-state index is 0.0882. The molecule has 3 nitrogen and oxygen atoms in total. The number of esters is 1. The Hall–Kier alpha value is -1.51. The molecule has 1 aromatic carbocycles. The number of ether oxygens (including phenoxy) is 2. The van der Waals surface area contributed by atoms with E-state index >= 15 is 0 Å². The van der Waals surface area contributed by atoms with Gasteiger partial charge in [0.2, 0.25) is 0 Å². The van der Waals surface area contributed by atoms with E-state index in [0.717, 1.165) is 17.7 Å². The van der Waals surface area contributed by atoms with Gasteiger partial charge in [-0.25, -0.2) is 0 Å². The molecule has 0 radical (unpaired) electrons. The van der Waals surface area contributed by atoms with Crippen LogP contribution in [0, 0.1) is 19.3 Å². The number of rotatable bonds is 3. The van der Waals surface area contributed by atoms with E-state index in [-0.39, 0.29) is 11.4 Å². The van der Waals surface area contributed by atoms with Crippen LogP contribution in [0.15, 0.2) is 12.1 Å². The van der Waals surface area contributed by atoms with Crippen LogP contribution in [0.3, 0.4) is 0 Å². The summed E-state index contributed by atoms with van der Waals surface area (Å²) in [4.78, 5) is 12.3. The molecule has 1 atom stereocenters. The van der Waals surface area contributed by atoms with Crippen LogP contribution in [0.4, 0.5) is 0 Å². The van der Waals surface area contributed by atoms with Gasteiger partial charge in [-0.2, -0.15) is 0 Å². The molecule has 1 unspecified atom stereocenters. The van der Waals surface area contributed by atoms with Crippen molar-refractivity contribution in [3.63, 3.8) is 0 Å². The Morgan fingerprint density at radius 2 is 1.68 bits per heavy atom. The molecule has 0 aromatic heterocycles. The number of carbonyl (C=O) groups is 1. The van der Waals surface area contributed by atoms with Crippen LogP contribution in [-0.2, 0) is 14.9 Å². The first-order chi connectivity index (χ1) is 8.80. The zero-order valence-electron chi connectivity index (χ0n) is 12.6. The number of hydrogen-bond acceptors (Lipinski definition) is 3. The maximum atomic E-state index is 12.3. The fourth-order valence-electron chi connectivity index (χ4n) is 3.00. The highest BCUT2D eigenvalue weighted by Crippen LogP contribution is 2.66. The molecule has 1 saturated carbocycles. The Bertz CT molecular complexity index is 531. The van der Waals surface area contributed by atoms with Crippen molar-refractivity contribution < 1.29 is 14.3 Å². The summed E-state index contributed by atoms with van der Waals surface area (Å²) >= 11 is 0. The molecular weight excluding hydrogens is 240 g/mol. The summed E-state index contributed by atoms with van der Waals surface area (Å²) in [5, 5.41) is 0. The number of benzene rings is 1. The molecule has 1 aliphatic carbocycles. The second kappa shape index (κ2) is 4.26. The Morgan fingerprint density at radius 1 is 1.16 bits per heavy atom. The van der Waals surface area contributed by atoms with Gasteiger partial charge in [-0.05, 0) is 42.9 Å². The third-order valence-electron chi connectivity index (χ3n) is 4.55. The molecule has 1 aliphatic rings. The average molecular weight is 262 g/mol. The zero-order valence-corrected chi connectivity index (χ0v) is 12.6. The van der Waals surface area contributed by atoms with Crippen LogP contribution in [0.2, 0.25) is 0 Å². The van der Waals surface area contributed by atoms with Crippen molar-refractivity contribution in [3.05, 3.63) is 28.8 Å². The van der Waals surface area contributed by atoms with Crippen molar-refractivity contribution in [1.82, 2.24) is 0 Å². The van der Waals surface area contributed by atoms with Gasteiger partial charge in [0.1, 0.15) is 11.2 Å². The lowest BCUT2D eigenvalue weighted by molar-refractivity contribution is -0.144. The van der Waals surface area contributed by atoms with Gasteiger partial charge in [0, 0.05) is 5.56 Å². The molecule has 0 saturated heterocycles. The van der Waals surface area contributed by atoms with Gasteiger partial charge in [0.05, 0.1) is 14.2 Å². The topological polar surface area (TPSA) is 35.5 Å². The van der Waals surface area contributed by atoms with Crippen molar-refractivity contribution >= 4 is 5.97 Å². The first-order valence-electron chi connectivity index (χ1n) is 6.54. The Kier molecular flexibility index (Phi) is 3.12. The largest absolute Gasteiger partial charge is 0.496 e. The van der Waals surface area contributed by atoms with Crippen molar-refractivity contribution in [2.24, 2.45) is 5.41 Å². The van der Waals surface area contributed by atoms with E-state index in [4.69, 9.17) is 9.47 Å². The van der Waals surface area contributed by atoms with Gasteiger partial charge in [-0.3, -0.25) is 4.79 Å². The molecule has 0 N–H and O–H groups in total. The fraction of sp³-hybridized carbons (Fsp3) is 0.562. The van der Waals surface area contributed by atoms with Gasteiger partial charge in [-0.15, -0.1) is 0 Å². The average Bonchev–Trinajstić information content (AvgIpc) is 2.95. The molecular formula is C16H22O3. The van der Waals surface area contributed by atoms with Gasteiger partial charge in [0.25, 0.3) is 0 Å². The van der Waals surface area contributed by atoms with E-state index in [1.54, 1.807) is 7.11 Å². The van der Waals surface area contributed by atoms with Crippen molar-refractivity contribution in [2.45, 2.75) is 39.5 Å². The standard InChI is InChI=1S/C16H22O3/c1-10-7-12(13(18-5)8-11(10)2)16(14(17)19-6)9-15(16,3)4/h7-8H,9H2,1-6H3. The molecule has 0 spiro atoms. The highest BCUT2D eigenvalue weighted by molar-refractivity contribution is 5.89. The smallest absolute Gasteiger partial charge is 0.316 e. The molecule has 0 aliphatic heterocycles. The molecule has 3 heteroatoms. The van der Waals surface area contributed by atoms with Gasteiger partial charge >= 0.3 is 5.97 Å². The van der Waals surface area contributed by atoms with E-state index in [9.17, 15) is 4.79 Å². The number of methoxy groups -OCH3 is 2. The van der Waals surface area contributed by atoms with E-state index in [1.807, 2.05) is 13.0 Å². The molecule has 0 bridgehead atoms. The molecule has 1 fully saturated rings. The first-order valence-corrected chi connectivity index (χ1v) is 6.54. The van der Waals surface area contributed by atoms with E-state index in [1.165, 1.54) is 18.2 Å². The molecule has 0 heterocycles. The number of carbonyl (C=O) groups excluding carboxylic acids is 1. The van der Waals surface area contributed by atoms with E-state index < -0.39 is 5.41 Å². The summed E-state index contributed by atoms with van der Waals surface area (Å²) in [7, 11) is 3.10. The van der Waals surface area contributed by atoms with Gasteiger partial charge in [0.15, 0.2) is 0 Å². The SMILES string of the molecule is COC(=O)C1(c2cc(C)c(C)cc2OC)CC1(C)C. The summed E-state index contributed by atoms with van der Waals surface area (Å²) in [6.07, 6.45) is 0.797. The van der Waals surface area contributed by atoms with Crippen LogP contribution in [-0.4, -0.2) is 20.2 Å². The third kappa shape index (κ3) is 1.83. The summed E-state index contributed by atoms with van der Waals surface area (Å²) in [5.41, 5.74) is 2.64. The normalized spacial score (nSPS) is 23.9. The van der Waals surface area contributed by atoms with Crippen LogP contribution in [0.1, 0.15) is 37.0 Å².